The van der Waals surface area contributed by atoms with E-state index in [-0.39, 0.29) is 5.41 Å². The van der Waals surface area contributed by atoms with Gasteiger partial charge in [0.15, 0.2) is 11.5 Å². The summed E-state index contributed by atoms with van der Waals surface area (Å²) >= 11 is 0. The molecular formula is C20H28N2O2. The van der Waals surface area contributed by atoms with Gasteiger partial charge in [-0.2, -0.15) is 0 Å². The second-order valence-corrected chi connectivity index (χ2v) is 6.70. The van der Waals surface area contributed by atoms with E-state index in [0.29, 0.717) is 13.2 Å². The summed E-state index contributed by atoms with van der Waals surface area (Å²) in [6.45, 7) is 8.81. The van der Waals surface area contributed by atoms with Crippen molar-refractivity contribution in [3.63, 3.8) is 0 Å². The molecule has 1 aliphatic rings. The predicted molar refractivity (Wildman–Crippen MR) is 101 cm³/mol. The van der Waals surface area contributed by atoms with Gasteiger partial charge in [-0.1, -0.05) is 45.0 Å². The minimum atomic E-state index is 0.0962. The van der Waals surface area contributed by atoms with E-state index in [1.54, 1.807) is 0 Å². The van der Waals surface area contributed by atoms with Crippen LogP contribution in [0.5, 0.6) is 11.5 Å². The third kappa shape index (κ3) is 5.37. The van der Waals surface area contributed by atoms with Gasteiger partial charge in [0, 0.05) is 12.0 Å². The molecule has 3 N–H and O–H groups in total. The molecule has 2 aromatic carbocycles. The fourth-order valence-electron chi connectivity index (χ4n) is 2.19. The maximum absolute atomic E-state index is 5.70. The summed E-state index contributed by atoms with van der Waals surface area (Å²) in [5, 5.41) is 3.24. The van der Waals surface area contributed by atoms with Gasteiger partial charge < -0.3 is 20.5 Å². The van der Waals surface area contributed by atoms with E-state index in [9.17, 15) is 0 Å². The average Bonchev–Trinajstić information content (AvgIpc) is 2.74. The highest BCUT2D eigenvalue weighted by molar-refractivity contribution is 5.65. The monoisotopic (exact) mass is 328 g/mol. The minimum Gasteiger partial charge on any atom is -0.489 e. The number of para-hydroxylation sites is 4. The molecule has 2 aromatic rings. The molecule has 0 fully saturated rings. The lowest BCUT2D eigenvalue weighted by Crippen LogP contribution is -2.26. The molecule has 0 saturated carbocycles. The topological polar surface area (TPSA) is 56.5 Å². The number of nitrogens with one attached hydrogen (secondary N) is 1. The minimum absolute atomic E-state index is 0.0962. The van der Waals surface area contributed by atoms with Crippen molar-refractivity contribution in [3.8, 4) is 11.5 Å². The van der Waals surface area contributed by atoms with Gasteiger partial charge in [-0.25, -0.2) is 0 Å². The van der Waals surface area contributed by atoms with Crippen molar-refractivity contribution in [1.29, 1.82) is 0 Å². The molecule has 0 saturated heterocycles. The normalized spacial score (nSPS) is 14.8. The summed E-state index contributed by atoms with van der Waals surface area (Å²) in [5.41, 5.74) is 7.65. The lowest BCUT2D eigenvalue weighted by Gasteiger charge is -2.19. The molecule has 0 bridgehead atoms. The number of benzene rings is 2. The molecule has 0 aromatic heterocycles. The molecule has 0 unspecified atom stereocenters. The Balaban J connectivity index is 0.000000177. The van der Waals surface area contributed by atoms with Crippen LogP contribution >= 0.6 is 0 Å². The van der Waals surface area contributed by atoms with Crippen LogP contribution in [-0.2, 0) is 0 Å². The van der Waals surface area contributed by atoms with E-state index in [1.165, 1.54) is 0 Å². The SMILES string of the molecule is CC1(C)COc2ccccc2OC1.CCCNc1ccccc1N. The first-order valence-corrected chi connectivity index (χ1v) is 8.45. The van der Waals surface area contributed by atoms with Crippen LogP contribution in [-0.4, -0.2) is 19.8 Å². The standard InChI is InChI=1S/C11H14O2.C9H14N2/c1-11(2)7-12-9-5-3-4-6-10(9)13-8-11;1-2-7-11-9-6-4-3-5-8(9)10/h3-6H,7-8H2,1-2H3;3-6,11H,2,7,10H2,1H3. The Morgan fingerprint density at radius 2 is 1.50 bits per heavy atom. The molecular weight excluding hydrogens is 300 g/mol. The van der Waals surface area contributed by atoms with E-state index in [0.717, 1.165) is 35.8 Å². The smallest absolute Gasteiger partial charge is 0.161 e. The number of rotatable bonds is 3. The van der Waals surface area contributed by atoms with Crippen LogP contribution in [0.15, 0.2) is 48.5 Å². The quantitative estimate of drug-likeness (QED) is 0.810. The first-order valence-electron chi connectivity index (χ1n) is 8.45. The van der Waals surface area contributed by atoms with E-state index < -0.39 is 0 Å². The number of hydrogen-bond acceptors (Lipinski definition) is 4. The molecule has 4 nitrogen and oxygen atoms in total. The third-order valence-corrected chi connectivity index (χ3v) is 3.61. The number of nitrogens with two attached hydrogens (primary N) is 1. The van der Waals surface area contributed by atoms with Gasteiger partial charge in [0.2, 0.25) is 0 Å². The second kappa shape index (κ2) is 8.48. The number of anilines is 2. The van der Waals surface area contributed by atoms with Gasteiger partial charge in [-0.3, -0.25) is 0 Å². The third-order valence-electron chi connectivity index (χ3n) is 3.61. The van der Waals surface area contributed by atoms with E-state index in [2.05, 4.69) is 26.1 Å². The molecule has 3 rings (SSSR count). The van der Waals surface area contributed by atoms with Crippen LogP contribution in [0.1, 0.15) is 27.2 Å². The van der Waals surface area contributed by atoms with Crippen molar-refractivity contribution in [2.45, 2.75) is 27.2 Å². The predicted octanol–water partition coefficient (Wildman–Crippen LogP) is 4.57. The first kappa shape index (κ1) is 18.0. The maximum atomic E-state index is 5.70. The number of nitrogen functional groups attached to an aromatic ring is 1. The fourth-order valence-corrected chi connectivity index (χ4v) is 2.19. The lowest BCUT2D eigenvalue weighted by molar-refractivity contribution is 0.140. The first-order chi connectivity index (χ1) is 11.5. The highest BCUT2D eigenvalue weighted by atomic mass is 16.5. The Kier molecular flexibility index (Phi) is 6.36. The fraction of sp³-hybridized carbons (Fsp3) is 0.400. The van der Waals surface area contributed by atoms with Crippen LogP contribution < -0.4 is 20.5 Å². The Hall–Kier alpha value is -2.36. The van der Waals surface area contributed by atoms with E-state index in [1.807, 2.05) is 48.5 Å². The second-order valence-electron chi connectivity index (χ2n) is 6.70. The molecule has 1 heterocycles. The molecule has 0 spiro atoms. The van der Waals surface area contributed by atoms with Crippen LogP contribution in [0.4, 0.5) is 11.4 Å². The van der Waals surface area contributed by atoms with Gasteiger partial charge in [0.1, 0.15) is 0 Å². The van der Waals surface area contributed by atoms with Gasteiger partial charge in [-0.15, -0.1) is 0 Å². The lowest BCUT2D eigenvalue weighted by atomic mass is 9.97. The summed E-state index contributed by atoms with van der Waals surface area (Å²) in [4.78, 5) is 0. The van der Waals surface area contributed by atoms with Crippen LogP contribution in [0.3, 0.4) is 0 Å². The Morgan fingerprint density at radius 1 is 0.958 bits per heavy atom. The molecule has 0 radical (unpaired) electrons. The van der Waals surface area contributed by atoms with Gasteiger partial charge in [-0.05, 0) is 30.7 Å². The van der Waals surface area contributed by atoms with Crippen molar-refractivity contribution >= 4 is 11.4 Å². The molecule has 0 aliphatic carbocycles. The average molecular weight is 328 g/mol. The molecule has 0 atom stereocenters. The molecule has 4 heteroatoms. The van der Waals surface area contributed by atoms with Gasteiger partial charge in [0.25, 0.3) is 0 Å². The van der Waals surface area contributed by atoms with E-state index in [4.69, 9.17) is 15.2 Å². The van der Waals surface area contributed by atoms with Crippen LogP contribution in [0.2, 0.25) is 0 Å². The highest BCUT2D eigenvalue weighted by Crippen LogP contribution is 2.32. The summed E-state index contributed by atoms with van der Waals surface area (Å²) in [7, 11) is 0. The highest BCUT2D eigenvalue weighted by Gasteiger charge is 2.24. The number of fused-ring (bicyclic) bond motifs is 1. The van der Waals surface area contributed by atoms with Crippen molar-refractivity contribution in [2.75, 3.05) is 30.8 Å². The maximum Gasteiger partial charge on any atom is 0.161 e. The van der Waals surface area contributed by atoms with Crippen molar-refractivity contribution in [1.82, 2.24) is 0 Å². The van der Waals surface area contributed by atoms with Gasteiger partial charge >= 0.3 is 0 Å². The Labute approximate surface area is 145 Å². The number of ether oxygens (including phenoxy) is 2. The zero-order valence-electron chi connectivity index (χ0n) is 14.8. The number of hydrogen-bond donors (Lipinski definition) is 2. The van der Waals surface area contributed by atoms with Gasteiger partial charge in [0.05, 0.1) is 24.6 Å². The zero-order valence-corrected chi connectivity index (χ0v) is 14.8. The van der Waals surface area contributed by atoms with E-state index >= 15 is 0 Å². The Morgan fingerprint density at radius 3 is 2.04 bits per heavy atom. The van der Waals surface area contributed by atoms with Crippen LogP contribution in [0.25, 0.3) is 0 Å². The van der Waals surface area contributed by atoms with Crippen molar-refractivity contribution in [3.05, 3.63) is 48.5 Å². The van der Waals surface area contributed by atoms with Crippen LogP contribution in [0, 0.1) is 5.41 Å². The van der Waals surface area contributed by atoms with Crippen molar-refractivity contribution in [2.24, 2.45) is 5.41 Å². The molecule has 0 amide bonds. The zero-order chi connectivity index (χ0) is 17.4. The molecule has 24 heavy (non-hydrogen) atoms. The largest absolute Gasteiger partial charge is 0.489 e. The summed E-state index contributed by atoms with van der Waals surface area (Å²) in [6, 6.07) is 15.6. The van der Waals surface area contributed by atoms with Crippen molar-refractivity contribution < 1.29 is 9.47 Å². The summed E-state index contributed by atoms with van der Waals surface area (Å²) < 4.78 is 11.3. The molecule has 1 aliphatic heterocycles. The Bertz CT molecular complexity index is 612. The summed E-state index contributed by atoms with van der Waals surface area (Å²) in [5.74, 6) is 1.71. The molecule has 130 valence electrons. The summed E-state index contributed by atoms with van der Waals surface area (Å²) in [6.07, 6.45) is 1.12.